The second kappa shape index (κ2) is 10.2. The number of rotatable bonds is 9. The minimum Gasteiger partial charge on any atom is -0.503 e. The number of likely N-dealkylation sites (N-methyl/N-ethyl adjacent to an activating group) is 1. The van der Waals surface area contributed by atoms with E-state index in [1.54, 1.807) is 24.3 Å². The van der Waals surface area contributed by atoms with Gasteiger partial charge in [-0.2, -0.15) is 0 Å². The van der Waals surface area contributed by atoms with Crippen LogP contribution in [0.4, 0.5) is 0 Å². The molecule has 0 fully saturated rings. The van der Waals surface area contributed by atoms with Crippen LogP contribution in [-0.2, 0) is 20.8 Å². The number of aliphatic hydroxyl groups is 1. The molecule has 1 unspecified atom stereocenters. The molecule has 1 heterocycles. The van der Waals surface area contributed by atoms with Gasteiger partial charge in [0.25, 0.3) is 5.91 Å². The second-order valence-corrected chi connectivity index (χ2v) is 8.04. The van der Waals surface area contributed by atoms with Gasteiger partial charge in [-0.1, -0.05) is 42.5 Å². The first-order valence-corrected chi connectivity index (χ1v) is 10.5. The van der Waals surface area contributed by atoms with Gasteiger partial charge in [0, 0.05) is 26.4 Å². The second-order valence-electron chi connectivity index (χ2n) is 8.04. The van der Waals surface area contributed by atoms with E-state index in [-0.39, 0.29) is 17.8 Å². The van der Waals surface area contributed by atoms with Crippen LogP contribution in [0.3, 0.4) is 0 Å². The van der Waals surface area contributed by atoms with Crippen molar-refractivity contribution in [3.8, 4) is 5.75 Å². The monoisotopic (exact) mass is 436 g/mol. The lowest BCUT2D eigenvalue weighted by Gasteiger charge is -2.28. The largest absolute Gasteiger partial charge is 0.503 e. The molecule has 0 saturated heterocycles. The van der Waals surface area contributed by atoms with Gasteiger partial charge in [0.15, 0.2) is 11.5 Å². The van der Waals surface area contributed by atoms with Gasteiger partial charge < -0.3 is 19.6 Å². The number of esters is 1. The lowest BCUT2D eigenvalue weighted by Crippen LogP contribution is -2.36. The number of aryl methyl sites for hydroxylation is 1. The summed E-state index contributed by atoms with van der Waals surface area (Å²) in [5, 5.41) is 10.7. The van der Waals surface area contributed by atoms with Crippen molar-refractivity contribution in [1.29, 1.82) is 0 Å². The highest BCUT2D eigenvalue weighted by molar-refractivity contribution is 6.09. The molecule has 1 aliphatic heterocycles. The summed E-state index contributed by atoms with van der Waals surface area (Å²) in [5.41, 5.74) is 1.69. The van der Waals surface area contributed by atoms with Gasteiger partial charge >= 0.3 is 5.97 Å². The Labute approximate surface area is 187 Å². The molecule has 2 aromatic carbocycles. The van der Waals surface area contributed by atoms with Crippen LogP contribution in [-0.4, -0.2) is 59.8 Å². The Balaban J connectivity index is 1.94. The molecule has 1 aliphatic rings. The number of carbonyl (C=O) groups excluding carboxylic acids is 3. The number of hydrogen-bond acceptors (Lipinski definition) is 6. The number of carbonyl (C=O) groups is 3. The number of ether oxygens (including phenoxy) is 1. The van der Waals surface area contributed by atoms with E-state index in [4.69, 9.17) is 4.74 Å². The van der Waals surface area contributed by atoms with Gasteiger partial charge in [-0.05, 0) is 43.8 Å². The standard InChI is InChI=1S/C25H28N2O5/c1-17(28)32-20-11-7-10-19(16-20)23-22(21(29)13-12-18-8-5-4-6-9-18)24(30)25(31)27(23)15-14-26(2)3/h4-11,16,23,30H,12-15H2,1-3H3. The topological polar surface area (TPSA) is 87.2 Å². The average molecular weight is 437 g/mol. The molecule has 1 atom stereocenters. The van der Waals surface area contributed by atoms with Gasteiger partial charge in [-0.3, -0.25) is 14.4 Å². The van der Waals surface area contributed by atoms with E-state index in [9.17, 15) is 19.5 Å². The van der Waals surface area contributed by atoms with E-state index in [0.29, 0.717) is 30.8 Å². The Bertz CT molecular complexity index is 1030. The number of ketones is 1. The van der Waals surface area contributed by atoms with E-state index in [2.05, 4.69) is 0 Å². The van der Waals surface area contributed by atoms with Crippen LogP contribution in [0.5, 0.6) is 5.75 Å². The van der Waals surface area contributed by atoms with Gasteiger partial charge in [0.05, 0.1) is 11.6 Å². The SMILES string of the molecule is CC(=O)Oc1cccc(C2C(C(=O)CCc3ccccc3)=C(O)C(=O)N2CCN(C)C)c1. The van der Waals surface area contributed by atoms with Crippen molar-refractivity contribution < 1.29 is 24.2 Å². The zero-order chi connectivity index (χ0) is 23.3. The molecule has 0 saturated carbocycles. The van der Waals surface area contributed by atoms with E-state index in [1.165, 1.54) is 11.8 Å². The molecule has 7 heteroatoms. The molecular weight excluding hydrogens is 408 g/mol. The number of nitrogens with zero attached hydrogens (tertiary/aromatic N) is 2. The zero-order valence-corrected chi connectivity index (χ0v) is 18.6. The molecule has 1 amide bonds. The van der Waals surface area contributed by atoms with Gasteiger partial charge in [-0.25, -0.2) is 0 Å². The molecule has 7 nitrogen and oxygen atoms in total. The summed E-state index contributed by atoms with van der Waals surface area (Å²) in [6.07, 6.45) is 0.668. The summed E-state index contributed by atoms with van der Waals surface area (Å²) >= 11 is 0. The van der Waals surface area contributed by atoms with E-state index >= 15 is 0 Å². The van der Waals surface area contributed by atoms with Crippen LogP contribution >= 0.6 is 0 Å². The van der Waals surface area contributed by atoms with Crippen molar-refractivity contribution in [1.82, 2.24) is 9.80 Å². The first-order chi connectivity index (χ1) is 15.3. The number of hydrogen-bond donors (Lipinski definition) is 1. The number of amides is 1. The first kappa shape index (κ1) is 23.2. The fourth-order valence-electron chi connectivity index (χ4n) is 3.77. The van der Waals surface area contributed by atoms with Crippen LogP contribution in [0.2, 0.25) is 0 Å². The molecule has 0 radical (unpaired) electrons. The van der Waals surface area contributed by atoms with Crippen molar-refractivity contribution in [3.63, 3.8) is 0 Å². The fraction of sp³-hybridized carbons (Fsp3) is 0.320. The average Bonchev–Trinajstić information content (AvgIpc) is 3.01. The molecule has 0 spiro atoms. The smallest absolute Gasteiger partial charge is 0.308 e. The Kier molecular flexibility index (Phi) is 7.43. The molecular formula is C25H28N2O5. The Morgan fingerprint density at radius 3 is 2.47 bits per heavy atom. The third kappa shape index (κ3) is 5.42. The number of Topliss-reactive ketones (excluding diaryl/α,β-unsaturated/α-hetero) is 1. The first-order valence-electron chi connectivity index (χ1n) is 10.5. The third-order valence-electron chi connectivity index (χ3n) is 5.31. The van der Waals surface area contributed by atoms with Crippen molar-refractivity contribution in [2.75, 3.05) is 27.2 Å². The van der Waals surface area contributed by atoms with Crippen LogP contribution in [0.15, 0.2) is 65.9 Å². The molecule has 0 aliphatic carbocycles. The summed E-state index contributed by atoms with van der Waals surface area (Å²) < 4.78 is 5.19. The van der Waals surface area contributed by atoms with Crippen molar-refractivity contribution >= 4 is 17.7 Å². The summed E-state index contributed by atoms with van der Waals surface area (Å²) in [5.74, 6) is -1.51. The van der Waals surface area contributed by atoms with Crippen LogP contribution < -0.4 is 4.74 Å². The lowest BCUT2D eigenvalue weighted by atomic mass is 9.93. The molecule has 168 valence electrons. The highest BCUT2D eigenvalue weighted by Crippen LogP contribution is 2.39. The van der Waals surface area contributed by atoms with Crippen molar-refractivity contribution in [3.05, 3.63) is 77.1 Å². The normalized spacial score (nSPS) is 16.1. The predicted octanol–water partition coefficient (Wildman–Crippen LogP) is 3.07. The number of aliphatic hydroxyl groups excluding tert-OH is 1. The van der Waals surface area contributed by atoms with Gasteiger partial charge in [-0.15, -0.1) is 0 Å². The van der Waals surface area contributed by atoms with E-state index in [0.717, 1.165) is 5.56 Å². The maximum Gasteiger partial charge on any atom is 0.308 e. The highest BCUT2D eigenvalue weighted by Gasteiger charge is 2.43. The van der Waals surface area contributed by atoms with Crippen LogP contribution in [0.1, 0.15) is 30.5 Å². The minimum atomic E-state index is -0.749. The highest BCUT2D eigenvalue weighted by atomic mass is 16.5. The van der Waals surface area contributed by atoms with Crippen molar-refractivity contribution in [2.24, 2.45) is 0 Å². The Hall–Kier alpha value is -3.45. The molecule has 0 bridgehead atoms. The molecule has 32 heavy (non-hydrogen) atoms. The molecule has 1 N–H and O–H groups in total. The minimum absolute atomic E-state index is 0.0877. The van der Waals surface area contributed by atoms with Crippen LogP contribution in [0.25, 0.3) is 0 Å². The summed E-state index contributed by atoms with van der Waals surface area (Å²) in [7, 11) is 3.77. The summed E-state index contributed by atoms with van der Waals surface area (Å²) in [6, 6.07) is 15.6. The Morgan fingerprint density at radius 2 is 1.81 bits per heavy atom. The number of benzene rings is 2. The quantitative estimate of drug-likeness (QED) is 0.480. The molecule has 0 aromatic heterocycles. The van der Waals surface area contributed by atoms with Crippen LogP contribution in [0, 0.1) is 0 Å². The summed E-state index contributed by atoms with van der Waals surface area (Å²) in [6.45, 7) is 2.19. The third-order valence-corrected chi connectivity index (χ3v) is 5.31. The van der Waals surface area contributed by atoms with E-state index < -0.39 is 23.7 Å². The molecule has 2 aromatic rings. The van der Waals surface area contributed by atoms with Gasteiger partial charge in [0.1, 0.15) is 5.75 Å². The molecule has 3 rings (SSSR count). The predicted molar refractivity (Wildman–Crippen MR) is 120 cm³/mol. The summed E-state index contributed by atoms with van der Waals surface area (Å²) in [4.78, 5) is 40.9. The maximum absolute atomic E-state index is 13.2. The lowest BCUT2D eigenvalue weighted by molar-refractivity contribution is -0.132. The van der Waals surface area contributed by atoms with Crippen molar-refractivity contribution in [2.45, 2.75) is 25.8 Å². The van der Waals surface area contributed by atoms with Gasteiger partial charge in [0.2, 0.25) is 0 Å². The Morgan fingerprint density at radius 1 is 1.09 bits per heavy atom. The van der Waals surface area contributed by atoms with E-state index in [1.807, 2.05) is 49.3 Å². The maximum atomic E-state index is 13.2. The fourth-order valence-corrected chi connectivity index (χ4v) is 3.77. The zero-order valence-electron chi connectivity index (χ0n) is 18.6.